The molecule has 5 heterocycles. The Labute approximate surface area is 287 Å². The van der Waals surface area contributed by atoms with Crippen LogP contribution in [0.4, 0.5) is 0 Å². The molecule has 0 aromatic carbocycles. The van der Waals surface area contributed by atoms with Gasteiger partial charge in [0, 0.05) is 46.0 Å². The molecule has 0 saturated carbocycles. The minimum atomic E-state index is -3.23. The predicted octanol–water partition coefficient (Wildman–Crippen LogP) is 2.46. The summed E-state index contributed by atoms with van der Waals surface area (Å²) in [6.07, 6.45) is 7.53. The first-order chi connectivity index (χ1) is 23.4. The number of fused-ring (bicyclic) bond motifs is 2. The van der Waals surface area contributed by atoms with Crippen LogP contribution in [0.25, 0.3) is 9.69 Å². The summed E-state index contributed by atoms with van der Waals surface area (Å²) in [5, 5.41) is 19.4. The Balaban J connectivity index is 0.000000209. The van der Waals surface area contributed by atoms with Crippen LogP contribution in [0.3, 0.4) is 0 Å². The zero-order valence-electron chi connectivity index (χ0n) is 28.5. The SMILES string of the molecule is COC(=O)CP(=O)(OC)OC.[C-]#[N+]CC[C@H]1CC[C@@H]2O[C@@H](/C=C/C(=O)OC)C[C@]2(CO)O1.[C-]#[N+]CC[C@H]1CC[C@@H]2O[C@@H]3C[C@]2(COC3O)O1. The van der Waals surface area contributed by atoms with Crippen LogP contribution in [0.1, 0.15) is 51.4 Å². The van der Waals surface area contributed by atoms with Crippen LogP contribution in [0.2, 0.25) is 0 Å². The van der Waals surface area contributed by atoms with E-state index in [2.05, 4.69) is 28.2 Å². The van der Waals surface area contributed by atoms with Crippen molar-refractivity contribution in [3.63, 3.8) is 0 Å². The van der Waals surface area contributed by atoms with Gasteiger partial charge in [0.05, 0.1) is 58.0 Å². The minimum absolute atomic E-state index is 0.00515. The average molecular weight is 717 g/mol. The van der Waals surface area contributed by atoms with Gasteiger partial charge in [-0.1, -0.05) is 0 Å². The highest BCUT2D eigenvalue weighted by Gasteiger charge is 2.58. The summed E-state index contributed by atoms with van der Waals surface area (Å²) >= 11 is 0. The van der Waals surface area contributed by atoms with Gasteiger partial charge in [-0.25, -0.2) is 17.9 Å². The van der Waals surface area contributed by atoms with Crippen molar-refractivity contribution in [3.8, 4) is 0 Å². The van der Waals surface area contributed by atoms with Crippen molar-refractivity contribution in [1.29, 1.82) is 0 Å². The standard InChI is InChI=1S/C15H21NO5.C12H17NO4.C5H11O5P/c1-16-8-7-11-3-5-13-15(10-17,21-11)9-12(20-13)4-6-14(18)19-2;1-13-5-4-8-2-3-10-12(17-8)6-9(16-10)11(14)15-7-12;1-8-5(6)4-11(7,9-2)10-3/h4,6,11-13,17H,3,5,7-10H2,2H3;8-11,14H,2-7H2;4H2,1-3H3/b6-4+;;/t11-,12+,13+,15-;8-,9-,10+,11?,12-;/m11./s1. The second kappa shape index (κ2) is 19.2. The summed E-state index contributed by atoms with van der Waals surface area (Å²) in [6, 6.07) is 0. The van der Waals surface area contributed by atoms with Crippen molar-refractivity contribution in [3.05, 3.63) is 35.0 Å². The van der Waals surface area contributed by atoms with Gasteiger partial charge in [-0.15, -0.1) is 0 Å². The molecule has 5 fully saturated rings. The van der Waals surface area contributed by atoms with Gasteiger partial charge in [0.1, 0.15) is 23.5 Å². The second-order valence-corrected chi connectivity index (χ2v) is 14.6. The highest BCUT2D eigenvalue weighted by atomic mass is 31.2. The highest BCUT2D eigenvalue weighted by molar-refractivity contribution is 7.54. The largest absolute Gasteiger partial charge is 0.469 e. The fourth-order valence-electron chi connectivity index (χ4n) is 6.59. The van der Waals surface area contributed by atoms with Crippen molar-refractivity contribution in [2.75, 3.05) is 60.9 Å². The fourth-order valence-corrected chi connectivity index (χ4v) is 7.44. The van der Waals surface area contributed by atoms with Gasteiger partial charge in [0.15, 0.2) is 6.29 Å². The maximum atomic E-state index is 11.2. The summed E-state index contributed by atoms with van der Waals surface area (Å²) in [5.41, 5.74) is -1.08. The summed E-state index contributed by atoms with van der Waals surface area (Å²) in [5.74, 6) is -1.04. The first-order valence-electron chi connectivity index (χ1n) is 16.2. The molecule has 1 unspecified atom stereocenters. The van der Waals surface area contributed by atoms with E-state index in [-0.39, 0.29) is 55.0 Å². The van der Waals surface area contributed by atoms with E-state index in [1.165, 1.54) is 34.5 Å². The first-order valence-corrected chi connectivity index (χ1v) is 17.9. The van der Waals surface area contributed by atoms with E-state index < -0.39 is 31.4 Å². The Hall–Kier alpha value is -2.47. The summed E-state index contributed by atoms with van der Waals surface area (Å²) in [6.45, 7) is 14.9. The molecular weight excluding hydrogens is 667 g/mol. The molecule has 9 atom stereocenters. The van der Waals surface area contributed by atoms with Gasteiger partial charge in [0.25, 0.3) is 0 Å². The number of aliphatic hydroxyl groups excluding tert-OH is 2. The molecule has 5 aliphatic rings. The highest BCUT2D eigenvalue weighted by Crippen LogP contribution is 2.47. The molecule has 1 spiro atoms. The van der Waals surface area contributed by atoms with Crippen LogP contribution < -0.4 is 0 Å². The van der Waals surface area contributed by atoms with Crippen LogP contribution in [-0.2, 0) is 56.4 Å². The van der Waals surface area contributed by atoms with Gasteiger partial charge in [-0.2, -0.15) is 0 Å². The second-order valence-electron chi connectivity index (χ2n) is 12.3. The number of nitrogens with zero attached hydrogens (tertiary/aromatic N) is 2. The van der Waals surface area contributed by atoms with Gasteiger partial charge in [-0.05, 0) is 31.8 Å². The topological polar surface area (TPSA) is 183 Å². The number of hydrogen-bond acceptors (Lipinski definition) is 14. The normalized spacial score (nSPS) is 34.5. The monoisotopic (exact) mass is 716 g/mol. The van der Waals surface area contributed by atoms with Gasteiger partial charge in [0.2, 0.25) is 13.1 Å². The Kier molecular flexibility index (Phi) is 16.1. The van der Waals surface area contributed by atoms with Crippen molar-refractivity contribution in [2.24, 2.45) is 0 Å². The van der Waals surface area contributed by atoms with Crippen LogP contribution in [0.15, 0.2) is 12.2 Å². The zero-order valence-corrected chi connectivity index (χ0v) is 29.4. The van der Waals surface area contributed by atoms with E-state index >= 15 is 0 Å². The maximum Gasteiger partial charge on any atom is 0.341 e. The Morgan fingerprint density at radius 2 is 1.55 bits per heavy atom. The lowest BCUT2D eigenvalue weighted by molar-refractivity contribution is -0.222. The molecule has 5 rings (SSSR count). The zero-order chi connectivity index (χ0) is 36.1. The molecule has 0 aromatic heterocycles. The molecule has 2 bridgehead atoms. The van der Waals surface area contributed by atoms with Crippen LogP contribution in [0, 0.1) is 13.1 Å². The Morgan fingerprint density at radius 3 is 2.12 bits per heavy atom. The van der Waals surface area contributed by atoms with E-state index in [0.29, 0.717) is 39.0 Å². The molecule has 49 heavy (non-hydrogen) atoms. The van der Waals surface area contributed by atoms with E-state index in [9.17, 15) is 24.4 Å². The number of methoxy groups -OCH3 is 2. The lowest BCUT2D eigenvalue weighted by atomic mass is 9.85. The van der Waals surface area contributed by atoms with Crippen molar-refractivity contribution in [2.45, 2.75) is 105 Å². The molecule has 5 aliphatic heterocycles. The molecule has 17 heteroatoms. The molecule has 0 radical (unpaired) electrons. The van der Waals surface area contributed by atoms with Crippen LogP contribution in [-0.4, -0.2) is 137 Å². The molecule has 0 aromatic rings. The summed E-state index contributed by atoms with van der Waals surface area (Å²) < 4.78 is 58.1. The summed E-state index contributed by atoms with van der Waals surface area (Å²) in [4.78, 5) is 28.4. The lowest BCUT2D eigenvalue weighted by Crippen LogP contribution is -2.54. The van der Waals surface area contributed by atoms with Gasteiger partial charge < -0.3 is 62.1 Å². The third kappa shape index (κ3) is 11.0. The number of carbonyl (C=O) groups is 2. The average Bonchev–Trinajstić information content (AvgIpc) is 3.66. The molecule has 2 N–H and O–H groups in total. The third-order valence-electron chi connectivity index (χ3n) is 9.21. The molecule has 16 nitrogen and oxygen atoms in total. The van der Waals surface area contributed by atoms with Crippen molar-refractivity contribution >= 4 is 19.5 Å². The molecule has 0 amide bonds. The molecule has 0 aliphatic carbocycles. The molecular formula is C32H49N2O14P. The summed E-state index contributed by atoms with van der Waals surface area (Å²) in [7, 11) is 1.73. The fraction of sp³-hybridized carbons (Fsp3) is 0.812. The molecule has 5 saturated heterocycles. The van der Waals surface area contributed by atoms with E-state index in [0.717, 1.165) is 32.1 Å². The number of carbonyl (C=O) groups excluding carboxylic acids is 2. The number of ether oxygens (including phenoxy) is 7. The molecule has 276 valence electrons. The number of aliphatic hydroxyl groups is 2. The van der Waals surface area contributed by atoms with E-state index in [4.69, 9.17) is 36.8 Å². The maximum absolute atomic E-state index is 11.2. The van der Waals surface area contributed by atoms with Crippen LogP contribution in [0.5, 0.6) is 0 Å². The first kappa shape index (κ1) is 41.0. The third-order valence-corrected chi connectivity index (χ3v) is 11.0. The number of esters is 2. The number of rotatable bonds is 11. The minimum Gasteiger partial charge on any atom is -0.469 e. The van der Waals surface area contributed by atoms with E-state index in [1.54, 1.807) is 6.08 Å². The number of hydrogen-bond donors (Lipinski definition) is 2. The van der Waals surface area contributed by atoms with Crippen molar-refractivity contribution < 1.29 is 66.6 Å². The lowest BCUT2D eigenvalue weighted by Gasteiger charge is -2.42. The van der Waals surface area contributed by atoms with Gasteiger partial charge >= 0.3 is 19.5 Å². The van der Waals surface area contributed by atoms with Crippen LogP contribution >= 0.6 is 7.60 Å². The Morgan fingerprint density at radius 1 is 0.918 bits per heavy atom. The van der Waals surface area contributed by atoms with E-state index in [1.807, 2.05) is 0 Å². The predicted molar refractivity (Wildman–Crippen MR) is 171 cm³/mol. The van der Waals surface area contributed by atoms with Crippen molar-refractivity contribution in [1.82, 2.24) is 0 Å². The quantitative estimate of drug-likeness (QED) is 0.138. The Bertz CT molecular complexity index is 1250. The smallest absolute Gasteiger partial charge is 0.341 e. The van der Waals surface area contributed by atoms with Gasteiger partial charge in [-0.3, -0.25) is 9.36 Å².